The van der Waals surface area contributed by atoms with Crippen molar-refractivity contribution in [3.63, 3.8) is 0 Å². The summed E-state index contributed by atoms with van der Waals surface area (Å²) in [4.78, 5) is 3.34. The predicted octanol–water partition coefficient (Wildman–Crippen LogP) is 2.90. The van der Waals surface area contributed by atoms with E-state index in [2.05, 4.69) is 11.8 Å². The van der Waals surface area contributed by atoms with Gasteiger partial charge in [0.25, 0.3) is 9.84 Å². The molecule has 0 spiro atoms. The van der Waals surface area contributed by atoms with E-state index in [0.29, 0.717) is 19.6 Å². The van der Waals surface area contributed by atoms with Crippen molar-refractivity contribution in [1.29, 1.82) is 0 Å². The van der Waals surface area contributed by atoms with Gasteiger partial charge in [0.05, 0.1) is 10.6 Å². The lowest BCUT2D eigenvalue weighted by molar-refractivity contribution is -0.0435. The Labute approximate surface area is 134 Å². The highest BCUT2D eigenvalue weighted by atomic mass is 32.2. The highest BCUT2D eigenvalue weighted by molar-refractivity contribution is 7.92. The fourth-order valence-corrected chi connectivity index (χ4v) is 3.80. The van der Waals surface area contributed by atoms with Crippen molar-refractivity contribution in [3.05, 3.63) is 24.3 Å². The third kappa shape index (κ3) is 3.98. The Morgan fingerprint density at radius 1 is 1.09 bits per heavy atom. The van der Waals surface area contributed by atoms with E-state index in [4.69, 9.17) is 0 Å². The molecule has 4 nitrogen and oxygen atoms in total. The van der Waals surface area contributed by atoms with Gasteiger partial charge in [0, 0.05) is 19.6 Å². The minimum absolute atomic E-state index is 0.142. The standard InChI is InChI=1S/C15H21F3N2O2S/c1-2-8-19-9-5-10-20(12-11-19)13-6-3-4-7-14(13)23(21,22)15(16,17)18/h3-4,6-7H,2,5,8-12H2,1H3. The van der Waals surface area contributed by atoms with Crippen LogP contribution in [-0.4, -0.2) is 51.5 Å². The van der Waals surface area contributed by atoms with Crippen molar-refractivity contribution in [2.45, 2.75) is 30.2 Å². The van der Waals surface area contributed by atoms with Crippen molar-refractivity contribution in [1.82, 2.24) is 4.90 Å². The van der Waals surface area contributed by atoms with Crippen LogP contribution in [0.1, 0.15) is 19.8 Å². The lowest BCUT2D eigenvalue weighted by Gasteiger charge is -2.26. The summed E-state index contributed by atoms with van der Waals surface area (Å²) in [7, 11) is -5.35. The number of halogens is 3. The molecule has 23 heavy (non-hydrogen) atoms. The second-order valence-corrected chi connectivity index (χ2v) is 7.51. The van der Waals surface area contributed by atoms with E-state index in [9.17, 15) is 21.6 Å². The van der Waals surface area contributed by atoms with Crippen LogP contribution in [0.3, 0.4) is 0 Å². The van der Waals surface area contributed by atoms with Crippen molar-refractivity contribution in [3.8, 4) is 0 Å². The zero-order valence-corrected chi connectivity index (χ0v) is 13.8. The molecule has 0 saturated carbocycles. The Hall–Kier alpha value is -1.28. The molecule has 1 aliphatic heterocycles. The summed E-state index contributed by atoms with van der Waals surface area (Å²) in [6, 6.07) is 5.38. The first-order valence-electron chi connectivity index (χ1n) is 7.65. The number of nitrogens with zero attached hydrogens (tertiary/aromatic N) is 2. The first kappa shape index (κ1) is 18.1. The van der Waals surface area contributed by atoms with Gasteiger partial charge in [0.15, 0.2) is 0 Å². The molecule has 0 N–H and O–H groups in total. The van der Waals surface area contributed by atoms with Gasteiger partial charge in [-0.3, -0.25) is 0 Å². The fourth-order valence-electron chi connectivity index (χ4n) is 2.82. The van der Waals surface area contributed by atoms with E-state index in [-0.39, 0.29) is 5.69 Å². The van der Waals surface area contributed by atoms with Crippen LogP contribution in [-0.2, 0) is 9.84 Å². The molecule has 130 valence electrons. The van der Waals surface area contributed by atoms with Crippen LogP contribution >= 0.6 is 0 Å². The minimum atomic E-state index is -5.35. The summed E-state index contributed by atoms with van der Waals surface area (Å²) in [6.07, 6.45) is 1.80. The third-order valence-corrected chi connectivity index (χ3v) is 5.46. The Morgan fingerprint density at radius 2 is 1.78 bits per heavy atom. The summed E-state index contributed by atoms with van der Waals surface area (Å²) in [6.45, 7) is 5.67. The van der Waals surface area contributed by atoms with E-state index in [0.717, 1.165) is 32.0 Å². The number of alkyl halides is 3. The van der Waals surface area contributed by atoms with Gasteiger partial charge in [-0.25, -0.2) is 8.42 Å². The second-order valence-electron chi connectivity index (χ2n) is 5.60. The molecule has 0 atom stereocenters. The first-order chi connectivity index (χ1) is 10.8. The lowest BCUT2D eigenvalue weighted by Crippen LogP contribution is -2.33. The number of hydrogen-bond acceptors (Lipinski definition) is 4. The van der Waals surface area contributed by atoms with E-state index < -0.39 is 20.2 Å². The normalized spacial score (nSPS) is 18.0. The van der Waals surface area contributed by atoms with E-state index in [1.165, 1.54) is 12.1 Å². The fraction of sp³-hybridized carbons (Fsp3) is 0.600. The van der Waals surface area contributed by atoms with Gasteiger partial charge in [-0.1, -0.05) is 19.1 Å². The largest absolute Gasteiger partial charge is 0.501 e. The lowest BCUT2D eigenvalue weighted by atomic mass is 10.2. The van der Waals surface area contributed by atoms with E-state index in [1.807, 2.05) is 0 Å². The molecule has 1 aliphatic rings. The molecular formula is C15H21F3N2O2S. The summed E-state index contributed by atoms with van der Waals surface area (Å²) in [5, 5.41) is 0. The topological polar surface area (TPSA) is 40.6 Å². The molecule has 1 aromatic carbocycles. The van der Waals surface area contributed by atoms with Crippen LogP contribution in [0.4, 0.5) is 18.9 Å². The average Bonchev–Trinajstić information content (AvgIpc) is 2.72. The average molecular weight is 350 g/mol. The summed E-state index contributed by atoms with van der Waals surface area (Å²) >= 11 is 0. The van der Waals surface area contributed by atoms with Crippen LogP contribution in [0.5, 0.6) is 0 Å². The maximum atomic E-state index is 12.9. The van der Waals surface area contributed by atoms with E-state index in [1.54, 1.807) is 11.0 Å². The Bertz CT molecular complexity index is 632. The molecule has 0 aliphatic carbocycles. The van der Waals surface area contributed by atoms with Gasteiger partial charge in [-0.05, 0) is 38.1 Å². The smallest absolute Gasteiger partial charge is 0.369 e. The number of sulfone groups is 1. The summed E-state index contributed by atoms with van der Waals surface area (Å²) in [5.41, 5.74) is -5.15. The molecule has 0 bridgehead atoms. The zero-order chi connectivity index (χ0) is 17.1. The van der Waals surface area contributed by atoms with Crippen LogP contribution in [0.15, 0.2) is 29.2 Å². The molecule has 2 rings (SSSR count). The van der Waals surface area contributed by atoms with Crippen LogP contribution < -0.4 is 4.90 Å². The summed E-state index contributed by atoms with van der Waals surface area (Å²) < 4.78 is 62.3. The van der Waals surface area contributed by atoms with Crippen molar-refractivity contribution in [2.24, 2.45) is 0 Å². The molecule has 0 unspecified atom stereocenters. The predicted molar refractivity (Wildman–Crippen MR) is 83.2 cm³/mol. The van der Waals surface area contributed by atoms with Crippen LogP contribution in [0, 0.1) is 0 Å². The molecule has 0 radical (unpaired) electrons. The first-order valence-corrected chi connectivity index (χ1v) is 9.13. The number of anilines is 1. The van der Waals surface area contributed by atoms with Gasteiger partial charge < -0.3 is 9.80 Å². The van der Waals surface area contributed by atoms with Gasteiger partial charge in [-0.15, -0.1) is 0 Å². The third-order valence-electron chi connectivity index (χ3n) is 3.93. The highest BCUT2D eigenvalue weighted by Gasteiger charge is 2.48. The molecule has 1 fully saturated rings. The Kier molecular flexibility index (Phi) is 5.57. The molecule has 1 saturated heterocycles. The van der Waals surface area contributed by atoms with Crippen molar-refractivity contribution >= 4 is 15.5 Å². The van der Waals surface area contributed by atoms with Gasteiger partial charge >= 0.3 is 5.51 Å². The molecule has 0 amide bonds. The number of para-hydroxylation sites is 1. The second kappa shape index (κ2) is 7.09. The Morgan fingerprint density at radius 3 is 2.43 bits per heavy atom. The minimum Gasteiger partial charge on any atom is -0.369 e. The number of rotatable bonds is 4. The van der Waals surface area contributed by atoms with Crippen LogP contribution in [0.25, 0.3) is 0 Å². The van der Waals surface area contributed by atoms with Crippen LogP contribution in [0.2, 0.25) is 0 Å². The van der Waals surface area contributed by atoms with E-state index >= 15 is 0 Å². The maximum Gasteiger partial charge on any atom is 0.501 e. The molecule has 1 heterocycles. The number of benzene rings is 1. The number of hydrogen-bond donors (Lipinski definition) is 0. The molecular weight excluding hydrogens is 329 g/mol. The van der Waals surface area contributed by atoms with Gasteiger partial charge in [0.1, 0.15) is 0 Å². The van der Waals surface area contributed by atoms with Crippen molar-refractivity contribution < 1.29 is 21.6 Å². The molecule has 0 aromatic heterocycles. The van der Waals surface area contributed by atoms with Gasteiger partial charge in [-0.2, -0.15) is 13.2 Å². The monoisotopic (exact) mass is 350 g/mol. The SMILES string of the molecule is CCCN1CCCN(c2ccccc2S(=O)(=O)C(F)(F)F)CC1. The quantitative estimate of drug-likeness (QED) is 0.837. The summed E-state index contributed by atoms with van der Waals surface area (Å²) in [5.74, 6) is 0. The van der Waals surface area contributed by atoms with Crippen molar-refractivity contribution in [2.75, 3.05) is 37.6 Å². The Balaban J connectivity index is 2.31. The highest BCUT2D eigenvalue weighted by Crippen LogP contribution is 2.36. The molecule has 8 heteroatoms. The zero-order valence-electron chi connectivity index (χ0n) is 13.0. The van der Waals surface area contributed by atoms with Gasteiger partial charge in [0.2, 0.25) is 0 Å². The molecule has 1 aromatic rings. The maximum absolute atomic E-state index is 12.9.